The van der Waals surface area contributed by atoms with Crippen molar-refractivity contribution in [2.45, 2.75) is 24.2 Å². The van der Waals surface area contributed by atoms with Crippen LogP contribution in [0.4, 0.5) is 0 Å². The van der Waals surface area contributed by atoms with Gasteiger partial charge in [0.25, 0.3) is 0 Å². The lowest BCUT2D eigenvalue weighted by Crippen LogP contribution is -2.21. The fourth-order valence-electron chi connectivity index (χ4n) is 1.33. The molecule has 2 rings (SSSR count). The predicted octanol–water partition coefficient (Wildman–Crippen LogP) is 1.45. The van der Waals surface area contributed by atoms with E-state index in [4.69, 9.17) is 5.73 Å². The highest BCUT2D eigenvalue weighted by Crippen LogP contribution is 2.20. The Labute approximate surface area is 114 Å². The van der Waals surface area contributed by atoms with Gasteiger partial charge in [0, 0.05) is 24.2 Å². The molecular weight excluding hydrogens is 290 g/mol. The molecule has 0 radical (unpaired) electrons. The molecule has 0 aliphatic rings. The van der Waals surface area contributed by atoms with Crippen molar-refractivity contribution in [3.8, 4) is 0 Å². The van der Waals surface area contributed by atoms with Crippen molar-refractivity contribution in [1.29, 1.82) is 0 Å². The zero-order chi connectivity index (χ0) is 13.2. The van der Waals surface area contributed by atoms with Crippen LogP contribution in [0, 0.1) is 6.92 Å². The van der Waals surface area contributed by atoms with Gasteiger partial charge in [0.05, 0.1) is 5.01 Å². The van der Waals surface area contributed by atoms with Gasteiger partial charge in [0.15, 0.2) is 0 Å². The second-order valence-electron chi connectivity index (χ2n) is 3.65. The Kier molecular flexibility index (Phi) is 4.13. The van der Waals surface area contributed by atoms with Crippen molar-refractivity contribution in [3.63, 3.8) is 0 Å². The van der Waals surface area contributed by atoms with Gasteiger partial charge in [-0.2, -0.15) is 0 Å². The molecule has 2 heterocycles. The van der Waals surface area contributed by atoms with Crippen LogP contribution in [0.25, 0.3) is 0 Å². The Bertz CT molecular complexity index is 630. The van der Waals surface area contributed by atoms with Gasteiger partial charge in [-0.1, -0.05) is 0 Å². The highest BCUT2D eigenvalue weighted by atomic mass is 32.2. The first-order chi connectivity index (χ1) is 8.51. The lowest BCUT2D eigenvalue weighted by atomic mass is 10.4. The van der Waals surface area contributed by atoms with Crippen LogP contribution < -0.4 is 10.5 Å². The molecule has 0 aromatic carbocycles. The van der Waals surface area contributed by atoms with Gasteiger partial charge < -0.3 is 5.73 Å². The van der Waals surface area contributed by atoms with Crippen molar-refractivity contribution >= 4 is 32.7 Å². The number of rotatable bonds is 5. The number of nitrogens with one attached hydrogen (secondary N) is 1. The zero-order valence-corrected chi connectivity index (χ0v) is 12.2. The van der Waals surface area contributed by atoms with E-state index in [9.17, 15) is 8.42 Å². The number of nitrogens with zero attached hydrogens (tertiary/aromatic N) is 1. The molecule has 0 bridgehead atoms. The van der Waals surface area contributed by atoms with E-state index in [1.807, 2.05) is 6.92 Å². The molecule has 0 unspecified atom stereocenters. The van der Waals surface area contributed by atoms with Gasteiger partial charge in [0.1, 0.15) is 4.21 Å². The van der Waals surface area contributed by atoms with E-state index in [2.05, 4.69) is 9.71 Å². The fourth-order valence-corrected chi connectivity index (χ4v) is 4.42. The van der Waals surface area contributed by atoms with Gasteiger partial charge in [-0.15, -0.1) is 22.7 Å². The molecule has 0 saturated carbocycles. The van der Waals surface area contributed by atoms with Crippen LogP contribution in [0.15, 0.2) is 21.9 Å². The van der Waals surface area contributed by atoms with E-state index in [-0.39, 0.29) is 6.54 Å². The molecule has 18 heavy (non-hydrogen) atoms. The molecule has 0 aliphatic carbocycles. The summed E-state index contributed by atoms with van der Waals surface area (Å²) in [5.74, 6) is 0. The van der Waals surface area contributed by atoms with Crippen LogP contribution in [0.5, 0.6) is 0 Å². The Morgan fingerprint density at radius 3 is 2.83 bits per heavy atom. The number of aromatic nitrogens is 1. The number of sulfonamides is 1. The first-order valence-corrected chi connectivity index (χ1v) is 8.37. The quantitative estimate of drug-likeness (QED) is 0.875. The van der Waals surface area contributed by atoms with Crippen LogP contribution in [0.1, 0.15) is 15.4 Å². The maximum Gasteiger partial charge on any atom is 0.250 e. The Balaban J connectivity index is 2.07. The topological polar surface area (TPSA) is 85.1 Å². The summed E-state index contributed by atoms with van der Waals surface area (Å²) in [6.45, 7) is 2.50. The fraction of sp³-hybridized carbons (Fsp3) is 0.300. The van der Waals surface area contributed by atoms with Crippen LogP contribution >= 0.6 is 22.7 Å². The maximum absolute atomic E-state index is 12.0. The summed E-state index contributed by atoms with van der Waals surface area (Å²) in [4.78, 5) is 4.97. The zero-order valence-electron chi connectivity index (χ0n) is 9.71. The maximum atomic E-state index is 12.0. The third kappa shape index (κ3) is 3.15. The molecule has 2 aromatic rings. The molecule has 0 fully saturated rings. The Hall–Kier alpha value is -0.800. The summed E-state index contributed by atoms with van der Waals surface area (Å²) < 4.78 is 26.8. The number of hydrogen-bond acceptors (Lipinski definition) is 6. The van der Waals surface area contributed by atoms with Gasteiger partial charge in [-0.3, -0.25) is 0 Å². The minimum atomic E-state index is -3.45. The monoisotopic (exact) mass is 303 g/mol. The van der Waals surface area contributed by atoms with Gasteiger partial charge in [-0.05, 0) is 23.9 Å². The minimum Gasteiger partial charge on any atom is -0.326 e. The van der Waals surface area contributed by atoms with E-state index in [1.54, 1.807) is 17.6 Å². The first-order valence-electron chi connectivity index (χ1n) is 5.20. The van der Waals surface area contributed by atoms with Crippen LogP contribution in [0.2, 0.25) is 0 Å². The van der Waals surface area contributed by atoms with Crippen LogP contribution in [0.3, 0.4) is 0 Å². The van der Waals surface area contributed by atoms with E-state index in [0.29, 0.717) is 10.8 Å². The average Bonchev–Trinajstić information content (AvgIpc) is 2.95. The lowest BCUT2D eigenvalue weighted by Gasteiger charge is -2.02. The van der Waals surface area contributed by atoms with Crippen molar-refractivity contribution in [2.75, 3.05) is 0 Å². The largest absolute Gasteiger partial charge is 0.326 e. The average molecular weight is 303 g/mol. The number of thiazole rings is 1. The second-order valence-corrected chi connectivity index (χ2v) is 7.87. The normalized spacial score (nSPS) is 11.9. The molecule has 5 nitrogen and oxygen atoms in total. The summed E-state index contributed by atoms with van der Waals surface area (Å²) in [5, 5.41) is 2.68. The summed E-state index contributed by atoms with van der Waals surface area (Å²) >= 11 is 2.66. The molecule has 98 valence electrons. The smallest absolute Gasteiger partial charge is 0.250 e. The van der Waals surface area contributed by atoms with Crippen molar-refractivity contribution < 1.29 is 8.42 Å². The molecule has 0 atom stereocenters. The first kappa shape index (κ1) is 13.6. The molecule has 0 amide bonds. The third-order valence-corrected chi connectivity index (χ3v) is 6.04. The molecule has 8 heteroatoms. The Morgan fingerprint density at radius 1 is 1.50 bits per heavy atom. The number of aryl methyl sites for hydroxylation is 1. The van der Waals surface area contributed by atoms with Crippen LogP contribution in [-0.2, 0) is 23.1 Å². The lowest BCUT2D eigenvalue weighted by molar-refractivity contribution is 0.584. The summed E-state index contributed by atoms with van der Waals surface area (Å²) in [6, 6.07) is 1.60. The Morgan fingerprint density at radius 2 is 2.28 bits per heavy atom. The van der Waals surface area contributed by atoms with Crippen molar-refractivity contribution in [1.82, 2.24) is 9.71 Å². The number of nitrogens with two attached hydrogens (primary N) is 1. The summed E-state index contributed by atoms with van der Waals surface area (Å²) in [6.07, 6.45) is 1.68. The molecule has 0 saturated heterocycles. The molecule has 2 aromatic heterocycles. The van der Waals surface area contributed by atoms with Gasteiger partial charge in [-0.25, -0.2) is 18.1 Å². The second kappa shape index (κ2) is 5.45. The molecule has 0 spiro atoms. The standard InChI is InChI=1S/C10H13N3O2S3/c1-7-12-4-9(17-7)5-13-18(14,15)10-2-8(3-11)6-16-10/h2,4,6,13H,3,5,11H2,1H3. The SMILES string of the molecule is Cc1ncc(CNS(=O)(=O)c2cc(CN)cs2)s1. The van der Waals surface area contributed by atoms with Crippen LogP contribution in [-0.4, -0.2) is 13.4 Å². The number of thiophene rings is 1. The highest BCUT2D eigenvalue weighted by molar-refractivity contribution is 7.91. The summed E-state index contributed by atoms with van der Waals surface area (Å²) in [7, 11) is -3.45. The number of hydrogen-bond donors (Lipinski definition) is 2. The highest BCUT2D eigenvalue weighted by Gasteiger charge is 2.16. The predicted molar refractivity (Wildman–Crippen MR) is 73.1 cm³/mol. The van der Waals surface area contributed by atoms with Gasteiger partial charge >= 0.3 is 0 Å². The summed E-state index contributed by atoms with van der Waals surface area (Å²) in [5.41, 5.74) is 6.29. The van der Waals surface area contributed by atoms with Gasteiger partial charge in [0.2, 0.25) is 10.0 Å². The van der Waals surface area contributed by atoms with E-state index in [1.165, 1.54) is 22.7 Å². The van der Waals surface area contributed by atoms with E-state index < -0.39 is 10.0 Å². The van der Waals surface area contributed by atoms with E-state index in [0.717, 1.165) is 15.4 Å². The minimum absolute atomic E-state index is 0.268. The molecule has 3 N–H and O–H groups in total. The molecule has 0 aliphatic heterocycles. The van der Waals surface area contributed by atoms with Crippen molar-refractivity contribution in [2.24, 2.45) is 5.73 Å². The molecular formula is C10H13N3O2S3. The third-order valence-electron chi connectivity index (χ3n) is 2.24. The van der Waals surface area contributed by atoms with E-state index >= 15 is 0 Å². The van der Waals surface area contributed by atoms with Crippen molar-refractivity contribution in [3.05, 3.63) is 33.1 Å².